The lowest BCUT2D eigenvalue weighted by Crippen LogP contribution is -2.26. The van der Waals surface area contributed by atoms with Crippen molar-refractivity contribution in [2.45, 2.75) is 32.2 Å². The second kappa shape index (κ2) is 5.70. The normalized spacial score (nSPS) is 23.1. The molecule has 1 saturated heterocycles. The molecule has 4 nitrogen and oxygen atoms in total. The van der Waals surface area contributed by atoms with Crippen LogP contribution in [0.5, 0.6) is 11.5 Å². The Labute approximate surface area is 114 Å². The quantitative estimate of drug-likeness (QED) is 0.908. The van der Waals surface area contributed by atoms with Crippen molar-refractivity contribution in [2.75, 3.05) is 31.7 Å². The van der Waals surface area contributed by atoms with E-state index in [0.29, 0.717) is 12.8 Å². The lowest BCUT2D eigenvalue weighted by atomic mass is 10.1. The Morgan fingerprint density at radius 3 is 3.00 bits per heavy atom. The van der Waals surface area contributed by atoms with E-state index in [1.807, 2.05) is 12.1 Å². The fraction of sp³-hybridized carbons (Fsp3) is 0.600. The number of ether oxygens (including phenoxy) is 2. The summed E-state index contributed by atoms with van der Waals surface area (Å²) in [5.41, 5.74) is 1.14. The van der Waals surface area contributed by atoms with Crippen LogP contribution in [0.25, 0.3) is 0 Å². The molecule has 0 aliphatic carbocycles. The van der Waals surface area contributed by atoms with Crippen LogP contribution < -0.4 is 14.8 Å². The van der Waals surface area contributed by atoms with Crippen molar-refractivity contribution in [3.05, 3.63) is 18.2 Å². The minimum absolute atomic E-state index is 0.341. The molecule has 0 radical (unpaired) electrons. The van der Waals surface area contributed by atoms with Crippen LogP contribution in [-0.2, 0) is 0 Å². The second-order valence-corrected chi connectivity index (χ2v) is 5.27. The van der Waals surface area contributed by atoms with Gasteiger partial charge < -0.3 is 19.7 Å². The zero-order valence-corrected chi connectivity index (χ0v) is 11.5. The van der Waals surface area contributed by atoms with E-state index < -0.39 is 0 Å². The Hall–Kier alpha value is -1.42. The molecule has 1 aromatic carbocycles. The van der Waals surface area contributed by atoms with Crippen LogP contribution in [0, 0.1) is 0 Å². The third-order valence-corrected chi connectivity index (χ3v) is 4.01. The zero-order valence-electron chi connectivity index (χ0n) is 11.5. The van der Waals surface area contributed by atoms with Crippen molar-refractivity contribution >= 4 is 5.69 Å². The summed E-state index contributed by atoms with van der Waals surface area (Å²) in [4.78, 5) is 2.53. The molecule has 19 heavy (non-hydrogen) atoms. The van der Waals surface area contributed by atoms with Crippen molar-refractivity contribution in [3.63, 3.8) is 0 Å². The van der Waals surface area contributed by atoms with Gasteiger partial charge in [-0.3, -0.25) is 0 Å². The molecule has 4 heteroatoms. The molecular formula is C15H22N2O2. The van der Waals surface area contributed by atoms with Crippen LogP contribution >= 0.6 is 0 Å². The summed E-state index contributed by atoms with van der Waals surface area (Å²) in [6.45, 7) is 6.17. The van der Waals surface area contributed by atoms with Crippen LogP contribution in [-0.4, -0.2) is 37.4 Å². The summed E-state index contributed by atoms with van der Waals surface area (Å²) < 4.78 is 10.8. The molecule has 0 aromatic heterocycles. The molecule has 104 valence electrons. The van der Waals surface area contributed by atoms with Gasteiger partial charge in [-0.1, -0.05) is 6.92 Å². The Morgan fingerprint density at radius 1 is 1.21 bits per heavy atom. The Bertz CT molecular complexity index is 436. The average Bonchev–Trinajstić information content (AvgIpc) is 2.77. The van der Waals surface area contributed by atoms with Crippen molar-refractivity contribution in [1.82, 2.24) is 4.90 Å². The fourth-order valence-electron chi connectivity index (χ4n) is 2.84. The molecule has 3 rings (SSSR count). The highest BCUT2D eigenvalue weighted by atomic mass is 16.7. The van der Waals surface area contributed by atoms with Gasteiger partial charge in [-0.05, 0) is 44.5 Å². The van der Waals surface area contributed by atoms with Crippen molar-refractivity contribution in [3.8, 4) is 11.5 Å². The van der Waals surface area contributed by atoms with Gasteiger partial charge in [-0.2, -0.15) is 0 Å². The number of nitrogens with one attached hydrogen (secondary N) is 1. The highest BCUT2D eigenvalue weighted by Gasteiger charge is 2.18. The van der Waals surface area contributed by atoms with Crippen molar-refractivity contribution < 1.29 is 9.47 Å². The minimum atomic E-state index is 0.341. The van der Waals surface area contributed by atoms with E-state index in [0.717, 1.165) is 23.7 Å². The lowest BCUT2D eigenvalue weighted by molar-refractivity contribution is 0.174. The van der Waals surface area contributed by atoms with Crippen LogP contribution in [0.2, 0.25) is 0 Å². The molecule has 1 fully saturated rings. The maximum atomic E-state index is 5.42. The highest BCUT2D eigenvalue weighted by Crippen LogP contribution is 2.34. The number of anilines is 1. The molecule has 0 amide bonds. The van der Waals surface area contributed by atoms with E-state index >= 15 is 0 Å². The molecule has 1 aromatic rings. The monoisotopic (exact) mass is 262 g/mol. The van der Waals surface area contributed by atoms with Gasteiger partial charge in [0.25, 0.3) is 0 Å². The first-order valence-electron chi connectivity index (χ1n) is 7.23. The Morgan fingerprint density at radius 2 is 2.11 bits per heavy atom. The summed E-state index contributed by atoms with van der Waals surface area (Å²) in [5.74, 6) is 1.71. The molecule has 2 aliphatic rings. The molecule has 2 aliphatic heterocycles. The SMILES string of the molecule is CCN1CCCC(Nc2ccc3c(c2)OCO3)CC1. The van der Waals surface area contributed by atoms with Gasteiger partial charge in [0, 0.05) is 24.3 Å². The largest absolute Gasteiger partial charge is 0.454 e. The molecule has 1 atom stereocenters. The van der Waals surface area contributed by atoms with Gasteiger partial charge in [0.2, 0.25) is 6.79 Å². The summed E-state index contributed by atoms with van der Waals surface area (Å²) in [7, 11) is 0. The summed E-state index contributed by atoms with van der Waals surface area (Å²) >= 11 is 0. The van der Waals surface area contributed by atoms with E-state index in [9.17, 15) is 0 Å². The summed E-state index contributed by atoms with van der Waals surface area (Å²) in [6, 6.07) is 6.68. The first-order chi connectivity index (χ1) is 9.35. The van der Waals surface area contributed by atoms with E-state index in [1.165, 1.54) is 32.4 Å². The third kappa shape index (κ3) is 2.95. The van der Waals surface area contributed by atoms with Gasteiger partial charge in [0.15, 0.2) is 11.5 Å². The van der Waals surface area contributed by atoms with Gasteiger partial charge in [-0.15, -0.1) is 0 Å². The fourth-order valence-corrected chi connectivity index (χ4v) is 2.84. The van der Waals surface area contributed by atoms with E-state index in [1.54, 1.807) is 0 Å². The predicted octanol–water partition coefficient (Wildman–Crippen LogP) is 2.70. The van der Waals surface area contributed by atoms with Crippen LogP contribution in [0.15, 0.2) is 18.2 Å². The molecule has 0 saturated carbocycles. The Kier molecular flexibility index (Phi) is 3.78. The first kappa shape index (κ1) is 12.6. The molecule has 2 heterocycles. The number of rotatable bonds is 3. The number of likely N-dealkylation sites (tertiary alicyclic amines) is 1. The number of fused-ring (bicyclic) bond motifs is 1. The van der Waals surface area contributed by atoms with Crippen LogP contribution in [0.1, 0.15) is 26.2 Å². The molecule has 0 bridgehead atoms. The van der Waals surface area contributed by atoms with Crippen LogP contribution in [0.4, 0.5) is 5.69 Å². The number of hydrogen-bond acceptors (Lipinski definition) is 4. The van der Waals surface area contributed by atoms with E-state index in [2.05, 4.69) is 23.2 Å². The second-order valence-electron chi connectivity index (χ2n) is 5.27. The minimum Gasteiger partial charge on any atom is -0.454 e. The smallest absolute Gasteiger partial charge is 0.231 e. The summed E-state index contributed by atoms with van der Waals surface area (Å²) in [5, 5.41) is 3.63. The maximum absolute atomic E-state index is 5.42. The number of hydrogen-bond donors (Lipinski definition) is 1. The molecule has 1 unspecified atom stereocenters. The van der Waals surface area contributed by atoms with Gasteiger partial charge in [0.05, 0.1) is 0 Å². The van der Waals surface area contributed by atoms with E-state index in [4.69, 9.17) is 9.47 Å². The predicted molar refractivity (Wildman–Crippen MR) is 75.9 cm³/mol. The zero-order chi connectivity index (χ0) is 13.1. The van der Waals surface area contributed by atoms with Crippen molar-refractivity contribution in [1.29, 1.82) is 0 Å². The molecule has 1 N–H and O–H groups in total. The number of benzene rings is 1. The average molecular weight is 262 g/mol. The van der Waals surface area contributed by atoms with Gasteiger partial charge in [-0.25, -0.2) is 0 Å². The highest BCUT2D eigenvalue weighted by molar-refractivity contribution is 5.56. The summed E-state index contributed by atoms with van der Waals surface area (Å²) in [6.07, 6.45) is 3.73. The lowest BCUT2D eigenvalue weighted by Gasteiger charge is -2.19. The Balaban J connectivity index is 1.61. The number of nitrogens with zero attached hydrogens (tertiary/aromatic N) is 1. The first-order valence-corrected chi connectivity index (χ1v) is 7.23. The van der Waals surface area contributed by atoms with Gasteiger partial charge >= 0.3 is 0 Å². The molecular weight excluding hydrogens is 240 g/mol. The molecule has 0 spiro atoms. The van der Waals surface area contributed by atoms with E-state index in [-0.39, 0.29) is 0 Å². The topological polar surface area (TPSA) is 33.7 Å². The maximum Gasteiger partial charge on any atom is 0.231 e. The third-order valence-electron chi connectivity index (χ3n) is 4.01. The van der Waals surface area contributed by atoms with Crippen LogP contribution in [0.3, 0.4) is 0 Å². The van der Waals surface area contributed by atoms with Crippen molar-refractivity contribution in [2.24, 2.45) is 0 Å². The standard InChI is InChI=1S/C15H22N2O2/c1-2-17-8-3-4-12(7-9-17)16-13-5-6-14-15(10-13)19-11-18-14/h5-6,10,12,16H,2-4,7-9,11H2,1H3. The van der Waals surface area contributed by atoms with Gasteiger partial charge in [0.1, 0.15) is 0 Å².